The number of hydrogen-bond donors (Lipinski definition) is 1. The SMILES string of the molecule is COc1ccccc1N1CCN(CCCOc2c(C)ccc(C(C)C)c2CO)CC1. The molecule has 0 unspecified atom stereocenters. The number of benzene rings is 2. The topological polar surface area (TPSA) is 45.2 Å². The first kappa shape index (κ1) is 22.4. The third kappa shape index (κ3) is 5.27. The van der Waals surface area contributed by atoms with E-state index in [0.717, 1.165) is 61.8 Å². The van der Waals surface area contributed by atoms with E-state index in [9.17, 15) is 5.11 Å². The number of rotatable bonds is 9. The summed E-state index contributed by atoms with van der Waals surface area (Å²) in [6.45, 7) is 12.2. The molecule has 0 spiro atoms. The van der Waals surface area contributed by atoms with Crippen LogP contribution < -0.4 is 14.4 Å². The molecule has 2 aromatic carbocycles. The van der Waals surface area contributed by atoms with Gasteiger partial charge in [0, 0.05) is 38.3 Å². The minimum absolute atomic E-state index is 0.0232. The number of aliphatic hydroxyl groups excluding tert-OH is 1. The number of aryl methyl sites for hydroxylation is 1. The molecule has 0 radical (unpaired) electrons. The average Bonchev–Trinajstić information content (AvgIpc) is 2.77. The molecule has 1 fully saturated rings. The summed E-state index contributed by atoms with van der Waals surface area (Å²) in [6, 6.07) is 12.4. The Kier molecular flexibility index (Phi) is 8.00. The van der Waals surface area contributed by atoms with Crippen LogP contribution in [-0.4, -0.2) is 56.4 Å². The van der Waals surface area contributed by atoms with Gasteiger partial charge in [-0.2, -0.15) is 0 Å². The van der Waals surface area contributed by atoms with E-state index in [1.54, 1.807) is 7.11 Å². The lowest BCUT2D eigenvalue weighted by atomic mass is 9.95. The first-order valence-electron chi connectivity index (χ1n) is 11.0. The largest absolute Gasteiger partial charge is 0.495 e. The van der Waals surface area contributed by atoms with E-state index < -0.39 is 0 Å². The van der Waals surface area contributed by atoms with Crippen molar-refractivity contribution in [2.75, 3.05) is 51.3 Å². The van der Waals surface area contributed by atoms with Crippen molar-refractivity contribution in [3.63, 3.8) is 0 Å². The number of aliphatic hydroxyl groups is 1. The fourth-order valence-electron chi connectivity index (χ4n) is 4.23. The van der Waals surface area contributed by atoms with Crippen molar-refractivity contribution in [3.05, 3.63) is 53.1 Å². The maximum absolute atomic E-state index is 9.89. The molecular formula is C25H36N2O3. The number of methoxy groups -OCH3 is 1. The Hall–Kier alpha value is -2.24. The van der Waals surface area contributed by atoms with Gasteiger partial charge >= 0.3 is 0 Å². The Labute approximate surface area is 181 Å². The van der Waals surface area contributed by atoms with Gasteiger partial charge in [0.1, 0.15) is 11.5 Å². The standard InChI is InChI=1S/C25H36N2O3/c1-19(2)21-11-10-20(3)25(22(21)18-28)30-17-7-12-26-13-15-27(16-14-26)23-8-5-6-9-24(23)29-4/h5-6,8-11,19,28H,7,12-18H2,1-4H3. The fourth-order valence-corrected chi connectivity index (χ4v) is 4.23. The number of piperazine rings is 1. The van der Waals surface area contributed by atoms with Crippen LogP contribution in [0.2, 0.25) is 0 Å². The monoisotopic (exact) mass is 412 g/mol. The van der Waals surface area contributed by atoms with Crippen molar-refractivity contribution in [2.45, 2.75) is 39.7 Å². The zero-order valence-corrected chi connectivity index (χ0v) is 18.9. The normalized spacial score (nSPS) is 14.9. The summed E-state index contributed by atoms with van der Waals surface area (Å²) in [5, 5.41) is 9.89. The molecule has 30 heavy (non-hydrogen) atoms. The quantitative estimate of drug-likeness (QED) is 0.625. The third-order valence-corrected chi connectivity index (χ3v) is 5.94. The molecule has 0 aromatic heterocycles. The molecular weight excluding hydrogens is 376 g/mol. The number of anilines is 1. The minimum Gasteiger partial charge on any atom is -0.495 e. The summed E-state index contributed by atoms with van der Waals surface area (Å²) in [7, 11) is 1.73. The van der Waals surface area contributed by atoms with Crippen molar-refractivity contribution in [3.8, 4) is 11.5 Å². The van der Waals surface area contributed by atoms with Crippen LogP contribution in [0.4, 0.5) is 5.69 Å². The van der Waals surface area contributed by atoms with E-state index >= 15 is 0 Å². The molecule has 0 bridgehead atoms. The molecule has 5 nitrogen and oxygen atoms in total. The van der Waals surface area contributed by atoms with Crippen LogP contribution in [0.25, 0.3) is 0 Å². The lowest BCUT2D eigenvalue weighted by Gasteiger charge is -2.36. The van der Waals surface area contributed by atoms with Gasteiger partial charge in [-0.1, -0.05) is 38.1 Å². The highest BCUT2D eigenvalue weighted by molar-refractivity contribution is 5.58. The zero-order valence-electron chi connectivity index (χ0n) is 18.9. The Balaban J connectivity index is 1.48. The van der Waals surface area contributed by atoms with Gasteiger partial charge in [-0.3, -0.25) is 4.90 Å². The van der Waals surface area contributed by atoms with Crippen molar-refractivity contribution < 1.29 is 14.6 Å². The van der Waals surface area contributed by atoms with Crippen molar-refractivity contribution in [2.24, 2.45) is 0 Å². The van der Waals surface area contributed by atoms with Gasteiger partial charge < -0.3 is 19.5 Å². The molecule has 1 aliphatic heterocycles. The maximum Gasteiger partial charge on any atom is 0.142 e. The number of hydrogen-bond acceptors (Lipinski definition) is 5. The number of nitrogens with zero attached hydrogens (tertiary/aromatic N) is 2. The Bertz CT molecular complexity index is 814. The van der Waals surface area contributed by atoms with Gasteiger partial charge in [0.05, 0.1) is 26.0 Å². The molecule has 2 aromatic rings. The Morgan fingerprint density at radius 3 is 2.43 bits per heavy atom. The van der Waals surface area contributed by atoms with E-state index in [1.807, 2.05) is 12.1 Å². The Morgan fingerprint density at radius 1 is 1.03 bits per heavy atom. The van der Waals surface area contributed by atoms with E-state index in [1.165, 1.54) is 11.3 Å². The Morgan fingerprint density at radius 2 is 1.77 bits per heavy atom. The van der Waals surface area contributed by atoms with Gasteiger partial charge in [-0.05, 0) is 42.5 Å². The molecule has 1 heterocycles. The van der Waals surface area contributed by atoms with E-state index in [0.29, 0.717) is 12.5 Å². The van der Waals surface area contributed by atoms with Gasteiger partial charge in [0.2, 0.25) is 0 Å². The predicted octanol–water partition coefficient (Wildman–Crippen LogP) is 4.21. The predicted molar refractivity (Wildman–Crippen MR) is 123 cm³/mol. The highest BCUT2D eigenvalue weighted by Crippen LogP contribution is 2.32. The van der Waals surface area contributed by atoms with E-state index in [4.69, 9.17) is 9.47 Å². The van der Waals surface area contributed by atoms with Crippen molar-refractivity contribution in [1.82, 2.24) is 4.90 Å². The first-order valence-corrected chi connectivity index (χ1v) is 11.0. The smallest absolute Gasteiger partial charge is 0.142 e. The molecule has 164 valence electrons. The van der Waals surface area contributed by atoms with Crippen LogP contribution in [0.5, 0.6) is 11.5 Å². The molecule has 5 heteroatoms. The van der Waals surface area contributed by atoms with Crippen molar-refractivity contribution >= 4 is 5.69 Å². The molecule has 0 atom stereocenters. The minimum atomic E-state index is 0.0232. The van der Waals surface area contributed by atoms with Crippen LogP contribution in [0.3, 0.4) is 0 Å². The number of ether oxygens (including phenoxy) is 2. The average molecular weight is 413 g/mol. The first-order chi connectivity index (χ1) is 14.5. The van der Waals surface area contributed by atoms with Crippen LogP contribution in [0, 0.1) is 6.92 Å². The summed E-state index contributed by atoms with van der Waals surface area (Å²) < 4.78 is 11.7. The van der Waals surface area contributed by atoms with Crippen LogP contribution in [-0.2, 0) is 6.61 Å². The van der Waals surface area contributed by atoms with Gasteiger partial charge in [0.25, 0.3) is 0 Å². The molecule has 1 aliphatic rings. The lowest BCUT2D eigenvalue weighted by Crippen LogP contribution is -2.46. The van der Waals surface area contributed by atoms with Gasteiger partial charge in [0.15, 0.2) is 0 Å². The summed E-state index contributed by atoms with van der Waals surface area (Å²) in [5.41, 5.74) is 4.38. The van der Waals surface area contributed by atoms with Crippen LogP contribution >= 0.6 is 0 Å². The van der Waals surface area contributed by atoms with Gasteiger partial charge in [-0.15, -0.1) is 0 Å². The second kappa shape index (κ2) is 10.7. The summed E-state index contributed by atoms with van der Waals surface area (Å²) >= 11 is 0. The molecule has 0 amide bonds. The second-order valence-electron chi connectivity index (χ2n) is 8.29. The third-order valence-electron chi connectivity index (χ3n) is 5.94. The van der Waals surface area contributed by atoms with Crippen LogP contribution in [0.1, 0.15) is 42.9 Å². The zero-order chi connectivity index (χ0) is 21.5. The fraction of sp³-hybridized carbons (Fsp3) is 0.520. The molecule has 3 rings (SSSR count). The van der Waals surface area contributed by atoms with Crippen molar-refractivity contribution in [1.29, 1.82) is 0 Å². The highest BCUT2D eigenvalue weighted by atomic mass is 16.5. The molecule has 0 aliphatic carbocycles. The summed E-state index contributed by atoms with van der Waals surface area (Å²) in [6.07, 6.45) is 0.977. The molecule has 1 N–H and O–H groups in total. The molecule has 0 saturated carbocycles. The molecule has 1 saturated heterocycles. The lowest BCUT2D eigenvalue weighted by molar-refractivity contribution is 0.218. The second-order valence-corrected chi connectivity index (χ2v) is 8.29. The van der Waals surface area contributed by atoms with E-state index in [-0.39, 0.29) is 6.61 Å². The number of para-hydroxylation sites is 2. The maximum atomic E-state index is 9.89. The summed E-state index contributed by atoms with van der Waals surface area (Å²) in [4.78, 5) is 4.90. The van der Waals surface area contributed by atoms with E-state index in [2.05, 4.69) is 54.8 Å². The highest BCUT2D eigenvalue weighted by Gasteiger charge is 2.19. The summed E-state index contributed by atoms with van der Waals surface area (Å²) in [5.74, 6) is 2.18. The van der Waals surface area contributed by atoms with Crippen LogP contribution in [0.15, 0.2) is 36.4 Å². The van der Waals surface area contributed by atoms with Gasteiger partial charge in [-0.25, -0.2) is 0 Å².